The molecule has 88 valence electrons. The van der Waals surface area contributed by atoms with Crippen molar-refractivity contribution in [2.45, 2.75) is 43.4 Å². The van der Waals surface area contributed by atoms with E-state index >= 15 is 0 Å². The van der Waals surface area contributed by atoms with E-state index in [0.29, 0.717) is 0 Å². The van der Waals surface area contributed by atoms with Gasteiger partial charge in [-0.25, -0.2) is 0 Å². The molecule has 0 saturated heterocycles. The molecule has 0 aliphatic heterocycles. The molecule has 1 aliphatic rings. The SMILES string of the molecule is CNC(CSC1CCCCC1)C(=O)OC. The highest BCUT2D eigenvalue weighted by molar-refractivity contribution is 7.99. The van der Waals surface area contributed by atoms with E-state index in [-0.39, 0.29) is 12.0 Å². The summed E-state index contributed by atoms with van der Waals surface area (Å²) < 4.78 is 4.73. The third-order valence-corrected chi connectivity index (χ3v) is 4.35. The molecule has 3 nitrogen and oxygen atoms in total. The normalized spacial score (nSPS) is 19.9. The van der Waals surface area contributed by atoms with Gasteiger partial charge < -0.3 is 10.1 Å². The molecular weight excluding hydrogens is 210 g/mol. The third-order valence-electron chi connectivity index (χ3n) is 2.88. The van der Waals surface area contributed by atoms with Crippen LogP contribution in [-0.2, 0) is 9.53 Å². The van der Waals surface area contributed by atoms with Crippen LogP contribution in [0.4, 0.5) is 0 Å². The number of ether oxygens (including phenoxy) is 1. The van der Waals surface area contributed by atoms with Crippen molar-refractivity contribution in [3.8, 4) is 0 Å². The molecule has 0 heterocycles. The highest BCUT2D eigenvalue weighted by Gasteiger charge is 2.20. The Kier molecular flexibility index (Phi) is 6.10. The third kappa shape index (κ3) is 4.43. The molecule has 0 aromatic carbocycles. The highest BCUT2D eigenvalue weighted by atomic mass is 32.2. The number of nitrogens with one attached hydrogen (secondary N) is 1. The van der Waals surface area contributed by atoms with Gasteiger partial charge in [-0.2, -0.15) is 11.8 Å². The minimum absolute atomic E-state index is 0.151. The predicted octanol–water partition coefficient (Wildman–Crippen LogP) is 1.81. The van der Waals surface area contributed by atoms with E-state index in [9.17, 15) is 4.79 Å². The first kappa shape index (κ1) is 12.8. The van der Waals surface area contributed by atoms with Gasteiger partial charge in [0.1, 0.15) is 6.04 Å². The van der Waals surface area contributed by atoms with E-state index in [2.05, 4.69) is 5.32 Å². The number of likely N-dealkylation sites (N-methyl/N-ethyl adjacent to an activating group) is 1. The van der Waals surface area contributed by atoms with Crippen LogP contribution in [-0.4, -0.2) is 37.2 Å². The molecule has 1 atom stereocenters. The number of hydrogen-bond donors (Lipinski definition) is 1. The largest absolute Gasteiger partial charge is 0.468 e. The van der Waals surface area contributed by atoms with Gasteiger partial charge in [-0.3, -0.25) is 4.79 Å². The van der Waals surface area contributed by atoms with E-state index in [1.165, 1.54) is 39.2 Å². The van der Waals surface area contributed by atoms with Gasteiger partial charge in [-0.15, -0.1) is 0 Å². The fraction of sp³-hybridized carbons (Fsp3) is 0.909. The van der Waals surface area contributed by atoms with Crippen molar-refractivity contribution >= 4 is 17.7 Å². The van der Waals surface area contributed by atoms with E-state index < -0.39 is 0 Å². The lowest BCUT2D eigenvalue weighted by Crippen LogP contribution is -2.37. The molecule has 0 aromatic heterocycles. The van der Waals surface area contributed by atoms with Crippen LogP contribution >= 0.6 is 11.8 Å². The Morgan fingerprint density at radius 3 is 2.67 bits per heavy atom. The van der Waals surface area contributed by atoms with Gasteiger partial charge in [0.05, 0.1) is 7.11 Å². The first-order valence-corrected chi connectivity index (χ1v) is 6.69. The van der Waals surface area contributed by atoms with Crippen LogP contribution in [0.2, 0.25) is 0 Å². The lowest BCUT2D eigenvalue weighted by Gasteiger charge is -2.22. The van der Waals surface area contributed by atoms with Gasteiger partial charge in [0, 0.05) is 11.0 Å². The minimum Gasteiger partial charge on any atom is -0.468 e. The van der Waals surface area contributed by atoms with Crippen LogP contribution in [0.3, 0.4) is 0 Å². The van der Waals surface area contributed by atoms with Crippen molar-refractivity contribution in [2.75, 3.05) is 19.9 Å². The minimum atomic E-state index is -0.152. The van der Waals surface area contributed by atoms with Crippen molar-refractivity contribution in [3.63, 3.8) is 0 Å². The van der Waals surface area contributed by atoms with E-state index in [1.54, 1.807) is 0 Å². The molecule has 1 unspecified atom stereocenters. The molecule has 0 aromatic rings. The summed E-state index contributed by atoms with van der Waals surface area (Å²) in [4.78, 5) is 11.3. The molecule has 4 heteroatoms. The van der Waals surface area contributed by atoms with Crippen molar-refractivity contribution in [3.05, 3.63) is 0 Å². The maximum atomic E-state index is 11.3. The number of methoxy groups -OCH3 is 1. The molecule has 15 heavy (non-hydrogen) atoms. The Labute approximate surface area is 96.3 Å². The van der Waals surface area contributed by atoms with E-state index in [4.69, 9.17) is 4.74 Å². The number of carbonyl (C=O) groups is 1. The molecule has 0 amide bonds. The Morgan fingerprint density at radius 2 is 2.13 bits per heavy atom. The number of esters is 1. The second kappa shape index (κ2) is 7.12. The number of rotatable bonds is 5. The van der Waals surface area contributed by atoms with Crippen LogP contribution in [0, 0.1) is 0 Å². The molecule has 1 rings (SSSR count). The number of carbonyl (C=O) groups excluding carboxylic acids is 1. The van der Waals surface area contributed by atoms with Gasteiger partial charge in [0.15, 0.2) is 0 Å². The molecule has 1 aliphatic carbocycles. The Hall–Kier alpha value is -0.220. The summed E-state index contributed by atoms with van der Waals surface area (Å²) in [6.45, 7) is 0. The summed E-state index contributed by atoms with van der Waals surface area (Å²) in [6.07, 6.45) is 6.69. The molecule has 0 spiro atoms. The number of hydrogen-bond acceptors (Lipinski definition) is 4. The maximum Gasteiger partial charge on any atom is 0.323 e. The van der Waals surface area contributed by atoms with Crippen LogP contribution in [0.15, 0.2) is 0 Å². The molecule has 0 bridgehead atoms. The van der Waals surface area contributed by atoms with E-state index in [0.717, 1.165) is 11.0 Å². The lowest BCUT2D eigenvalue weighted by molar-refractivity contribution is -0.142. The molecular formula is C11H21NO2S. The van der Waals surface area contributed by atoms with Crippen molar-refractivity contribution < 1.29 is 9.53 Å². The molecule has 1 saturated carbocycles. The summed E-state index contributed by atoms with van der Waals surface area (Å²) in [6, 6.07) is -0.151. The summed E-state index contributed by atoms with van der Waals surface area (Å²) >= 11 is 1.91. The zero-order chi connectivity index (χ0) is 11.1. The zero-order valence-corrected chi connectivity index (χ0v) is 10.4. The first-order chi connectivity index (χ1) is 7.27. The van der Waals surface area contributed by atoms with Crippen LogP contribution in [0.1, 0.15) is 32.1 Å². The van der Waals surface area contributed by atoms with Crippen molar-refractivity contribution in [1.29, 1.82) is 0 Å². The monoisotopic (exact) mass is 231 g/mol. The number of thioether (sulfide) groups is 1. The maximum absolute atomic E-state index is 11.3. The summed E-state index contributed by atoms with van der Waals surface area (Å²) in [5.74, 6) is 0.675. The quantitative estimate of drug-likeness (QED) is 0.732. The lowest BCUT2D eigenvalue weighted by atomic mass is 10.0. The van der Waals surface area contributed by atoms with Crippen LogP contribution < -0.4 is 5.32 Å². The van der Waals surface area contributed by atoms with Gasteiger partial charge in [0.2, 0.25) is 0 Å². The first-order valence-electron chi connectivity index (χ1n) is 5.64. The summed E-state index contributed by atoms with van der Waals surface area (Å²) in [5.41, 5.74) is 0. The van der Waals surface area contributed by atoms with Crippen LogP contribution in [0.25, 0.3) is 0 Å². The van der Waals surface area contributed by atoms with Gasteiger partial charge >= 0.3 is 5.97 Å². The Bertz CT molecular complexity index is 193. The second-order valence-corrected chi connectivity index (χ2v) is 5.29. The molecule has 1 N–H and O–H groups in total. The average molecular weight is 231 g/mol. The van der Waals surface area contributed by atoms with Gasteiger partial charge in [-0.05, 0) is 19.9 Å². The topological polar surface area (TPSA) is 38.3 Å². The fourth-order valence-corrected chi connectivity index (χ4v) is 3.31. The Morgan fingerprint density at radius 1 is 1.47 bits per heavy atom. The average Bonchev–Trinajstić information content (AvgIpc) is 2.31. The molecule has 0 radical (unpaired) electrons. The van der Waals surface area contributed by atoms with Crippen molar-refractivity contribution in [2.24, 2.45) is 0 Å². The smallest absolute Gasteiger partial charge is 0.323 e. The van der Waals surface area contributed by atoms with Gasteiger partial charge in [0.25, 0.3) is 0 Å². The standard InChI is InChI=1S/C11H21NO2S/c1-12-10(11(13)14-2)8-15-9-6-4-3-5-7-9/h9-10,12H,3-8H2,1-2H3. The van der Waals surface area contributed by atoms with E-state index in [1.807, 2.05) is 18.8 Å². The van der Waals surface area contributed by atoms with Gasteiger partial charge in [-0.1, -0.05) is 19.3 Å². The summed E-state index contributed by atoms with van der Waals surface area (Å²) in [5, 5.41) is 3.75. The highest BCUT2D eigenvalue weighted by Crippen LogP contribution is 2.28. The second-order valence-electron chi connectivity index (χ2n) is 3.96. The fourth-order valence-electron chi connectivity index (χ4n) is 1.88. The molecule has 1 fully saturated rings. The Balaban J connectivity index is 2.23. The predicted molar refractivity (Wildman–Crippen MR) is 64.2 cm³/mol. The van der Waals surface area contributed by atoms with Crippen LogP contribution in [0.5, 0.6) is 0 Å². The van der Waals surface area contributed by atoms with Crippen molar-refractivity contribution in [1.82, 2.24) is 5.32 Å². The zero-order valence-electron chi connectivity index (χ0n) is 9.62. The summed E-state index contributed by atoms with van der Waals surface area (Å²) in [7, 11) is 3.25.